The molecule has 0 unspecified atom stereocenters. The molecule has 0 spiro atoms. The summed E-state index contributed by atoms with van der Waals surface area (Å²) in [4.78, 5) is 8.54. The van der Waals surface area contributed by atoms with Gasteiger partial charge in [-0.05, 0) is 31.9 Å². The minimum absolute atomic E-state index is 0.307. The van der Waals surface area contributed by atoms with Crippen molar-refractivity contribution >= 4 is 22.7 Å². The van der Waals surface area contributed by atoms with Gasteiger partial charge in [-0.25, -0.2) is 4.98 Å². The fourth-order valence-corrected chi connectivity index (χ4v) is 2.45. The molecule has 19 heavy (non-hydrogen) atoms. The lowest BCUT2D eigenvalue weighted by Crippen LogP contribution is -2.41. The van der Waals surface area contributed by atoms with Crippen molar-refractivity contribution in [3.63, 3.8) is 0 Å². The fraction of sp³-hybridized carbons (Fsp3) is 0.429. The summed E-state index contributed by atoms with van der Waals surface area (Å²) in [6.45, 7) is 2.81. The zero-order valence-electron chi connectivity index (χ0n) is 11.0. The zero-order valence-corrected chi connectivity index (χ0v) is 11.0. The van der Waals surface area contributed by atoms with E-state index < -0.39 is 0 Å². The molecular weight excluding hydrogens is 240 g/mol. The molecule has 1 aliphatic rings. The Labute approximate surface area is 112 Å². The van der Waals surface area contributed by atoms with E-state index in [1.807, 2.05) is 31.2 Å². The van der Waals surface area contributed by atoms with Gasteiger partial charge in [-0.3, -0.25) is 0 Å². The van der Waals surface area contributed by atoms with E-state index in [2.05, 4.69) is 15.3 Å². The molecule has 1 aromatic carbocycles. The highest BCUT2D eigenvalue weighted by molar-refractivity contribution is 5.89. The van der Waals surface area contributed by atoms with Crippen LogP contribution in [0.1, 0.15) is 19.8 Å². The van der Waals surface area contributed by atoms with E-state index in [4.69, 9.17) is 10.5 Å². The predicted octanol–water partition coefficient (Wildman–Crippen LogP) is 2.19. The second kappa shape index (κ2) is 5.01. The molecule has 0 bridgehead atoms. The lowest BCUT2D eigenvalue weighted by molar-refractivity contribution is 0.00295. The van der Waals surface area contributed by atoms with Crippen molar-refractivity contribution in [2.45, 2.75) is 31.9 Å². The Hall–Kier alpha value is -1.88. The molecule has 5 nitrogen and oxygen atoms in total. The van der Waals surface area contributed by atoms with Crippen LogP contribution in [0, 0.1) is 0 Å². The third-order valence-corrected chi connectivity index (χ3v) is 3.46. The Kier molecular flexibility index (Phi) is 3.21. The first-order valence-corrected chi connectivity index (χ1v) is 6.66. The third kappa shape index (κ3) is 2.46. The van der Waals surface area contributed by atoms with Crippen LogP contribution >= 0.6 is 0 Å². The zero-order chi connectivity index (χ0) is 13.2. The van der Waals surface area contributed by atoms with Gasteiger partial charge in [-0.15, -0.1) is 0 Å². The van der Waals surface area contributed by atoms with E-state index in [9.17, 15) is 0 Å². The van der Waals surface area contributed by atoms with Gasteiger partial charge < -0.3 is 15.8 Å². The number of hydrogen-bond donors (Lipinski definition) is 2. The highest BCUT2D eigenvalue weighted by Crippen LogP contribution is 2.29. The van der Waals surface area contributed by atoms with Gasteiger partial charge in [0.1, 0.15) is 5.82 Å². The van der Waals surface area contributed by atoms with Crippen molar-refractivity contribution in [2.75, 3.05) is 17.7 Å². The van der Waals surface area contributed by atoms with Crippen molar-refractivity contribution in [2.24, 2.45) is 0 Å². The first-order chi connectivity index (χ1) is 9.26. The van der Waals surface area contributed by atoms with E-state index in [0.717, 1.165) is 36.2 Å². The summed E-state index contributed by atoms with van der Waals surface area (Å²) in [7, 11) is 0. The third-order valence-electron chi connectivity index (χ3n) is 3.46. The summed E-state index contributed by atoms with van der Waals surface area (Å²) >= 11 is 0. The van der Waals surface area contributed by atoms with Crippen LogP contribution in [0.5, 0.6) is 0 Å². The number of nitrogens with two attached hydrogens (primary N) is 1. The van der Waals surface area contributed by atoms with Gasteiger partial charge >= 0.3 is 0 Å². The molecule has 0 amide bonds. The van der Waals surface area contributed by atoms with Crippen LogP contribution in [0.3, 0.4) is 0 Å². The van der Waals surface area contributed by atoms with Crippen molar-refractivity contribution in [3.05, 3.63) is 24.3 Å². The Bertz CT molecular complexity index is 581. The van der Waals surface area contributed by atoms with Gasteiger partial charge in [-0.2, -0.15) is 4.98 Å². The lowest BCUT2D eigenvalue weighted by atomic mass is 9.89. The van der Waals surface area contributed by atoms with Crippen LogP contribution in [0.25, 0.3) is 10.9 Å². The molecule has 0 atom stereocenters. The van der Waals surface area contributed by atoms with Crippen molar-refractivity contribution in [1.29, 1.82) is 0 Å². The number of ether oxygens (including phenoxy) is 1. The molecule has 1 aromatic heterocycles. The summed E-state index contributed by atoms with van der Waals surface area (Å²) in [5.74, 6) is 1.13. The van der Waals surface area contributed by atoms with Crippen LogP contribution in [-0.4, -0.2) is 28.7 Å². The number of rotatable bonds is 4. The first kappa shape index (κ1) is 12.2. The summed E-state index contributed by atoms with van der Waals surface area (Å²) in [5, 5.41) is 4.45. The highest BCUT2D eigenvalue weighted by atomic mass is 16.5. The molecular formula is C14H18N4O. The molecule has 100 valence electrons. The van der Waals surface area contributed by atoms with Crippen LogP contribution in [0.15, 0.2) is 24.3 Å². The monoisotopic (exact) mass is 258 g/mol. The molecule has 1 aliphatic carbocycles. The number of nitrogen functional groups attached to an aromatic ring is 1. The Morgan fingerprint density at radius 3 is 2.89 bits per heavy atom. The summed E-state index contributed by atoms with van der Waals surface area (Å²) in [6, 6.07) is 8.30. The number of nitrogens with zero attached hydrogens (tertiary/aromatic N) is 2. The van der Waals surface area contributed by atoms with Gasteiger partial charge in [0.25, 0.3) is 0 Å². The number of anilines is 2. The summed E-state index contributed by atoms with van der Waals surface area (Å²) < 4.78 is 5.56. The maximum Gasteiger partial charge on any atom is 0.222 e. The molecule has 5 heteroatoms. The Balaban J connectivity index is 1.78. The van der Waals surface area contributed by atoms with Gasteiger partial charge in [-0.1, -0.05) is 12.1 Å². The normalized spacial score (nSPS) is 22.2. The smallest absolute Gasteiger partial charge is 0.222 e. The van der Waals surface area contributed by atoms with Gasteiger partial charge in [0, 0.05) is 18.0 Å². The molecule has 1 heterocycles. The molecule has 1 saturated carbocycles. The standard InChI is InChI=1S/C14H18N4O/c1-2-19-10-7-9(8-10)16-13-11-5-3-4-6-12(11)17-14(15)18-13/h3-6,9-10H,2,7-8H2,1H3,(H3,15,16,17,18). The number of fused-ring (bicyclic) bond motifs is 1. The lowest BCUT2D eigenvalue weighted by Gasteiger charge is -2.35. The molecule has 1 fully saturated rings. The number of para-hydroxylation sites is 1. The molecule has 2 aromatic rings. The fourth-order valence-electron chi connectivity index (χ4n) is 2.45. The van der Waals surface area contributed by atoms with E-state index in [0.29, 0.717) is 18.1 Å². The Morgan fingerprint density at radius 1 is 1.32 bits per heavy atom. The summed E-state index contributed by atoms with van der Waals surface area (Å²) in [5.41, 5.74) is 6.62. The van der Waals surface area contributed by atoms with E-state index >= 15 is 0 Å². The quantitative estimate of drug-likeness (QED) is 0.879. The van der Waals surface area contributed by atoms with E-state index in [1.54, 1.807) is 0 Å². The van der Waals surface area contributed by atoms with Crippen molar-refractivity contribution < 1.29 is 4.74 Å². The minimum atomic E-state index is 0.307. The van der Waals surface area contributed by atoms with Crippen molar-refractivity contribution in [1.82, 2.24) is 9.97 Å². The maximum absolute atomic E-state index is 5.75. The van der Waals surface area contributed by atoms with Crippen LogP contribution < -0.4 is 11.1 Å². The van der Waals surface area contributed by atoms with Crippen LogP contribution in [0.4, 0.5) is 11.8 Å². The molecule has 0 saturated heterocycles. The molecule has 3 N–H and O–H groups in total. The molecule has 0 radical (unpaired) electrons. The largest absolute Gasteiger partial charge is 0.378 e. The SMILES string of the molecule is CCOC1CC(Nc2nc(N)nc3ccccc23)C1. The van der Waals surface area contributed by atoms with E-state index in [-0.39, 0.29) is 0 Å². The summed E-state index contributed by atoms with van der Waals surface area (Å²) in [6.07, 6.45) is 2.42. The minimum Gasteiger partial charge on any atom is -0.378 e. The average molecular weight is 258 g/mol. The Morgan fingerprint density at radius 2 is 2.11 bits per heavy atom. The number of hydrogen-bond acceptors (Lipinski definition) is 5. The van der Waals surface area contributed by atoms with Gasteiger partial charge in [0.2, 0.25) is 5.95 Å². The predicted molar refractivity (Wildman–Crippen MR) is 76.0 cm³/mol. The van der Waals surface area contributed by atoms with Crippen molar-refractivity contribution in [3.8, 4) is 0 Å². The topological polar surface area (TPSA) is 73.1 Å². The molecule has 0 aliphatic heterocycles. The van der Waals surface area contributed by atoms with Gasteiger partial charge in [0.05, 0.1) is 11.6 Å². The first-order valence-electron chi connectivity index (χ1n) is 6.66. The molecule has 3 rings (SSSR count). The number of benzene rings is 1. The van der Waals surface area contributed by atoms with E-state index in [1.165, 1.54) is 0 Å². The van der Waals surface area contributed by atoms with Crippen LogP contribution in [-0.2, 0) is 4.74 Å². The number of nitrogens with one attached hydrogen (secondary N) is 1. The van der Waals surface area contributed by atoms with Gasteiger partial charge in [0.15, 0.2) is 0 Å². The second-order valence-electron chi connectivity index (χ2n) is 4.84. The number of aromatic nitrogens is 2. The maximum atomic E-state index is 5.75. The highest BCUT2D eigenvalue weighted by Gasteiger charge is 2.30. The second-order valence-corrected chi connectivity index (χ2v) is 4.84. The van der Waals surface area contributed by atoms with Crippen LogP contribution in [0.2, 0.25) is 0 Å². The average Bonchev–Trinajstić information content (AvgIpc) is 2.36.